The minimum absolute atomic E-state index is 0.0837. The molecule has 0 bridgehead atoms. The lowest BCUT2D eigenvalue weighted by molar-refractivity contribution is -0.120. The summed E-state index contributed by atoms with van der Waals surface area (Å²) in [5.41, 5.74) is 0.701. The van der Waals surface area contributed by atoms with E-state index in [0.29, 0.717) is 5.56 Å². The number of likely N-dealkylation sites (N-methyl/N-ethyl adjacent to an activating group) is 1. The van der Waals surface area contributed by atoms with Crippen LogP contribution < -0.4 is 15.4 Å². The number of alkyl halides is 2. The van der Waals surface area contributed by atoms with Crippen LogP contribution in [0.5, 0.6) is 5.75 Å². The van der Waals surface area contributed by atoms with Crippen molar-refractivity contribution in [1.29, 1.82) is 0 Å². The van der Waals surface area contributed by atoms with Crippen molar-refractivity contribution < 1.29 is 18.3 Å². The molecule has 0 radical (unpaired) electrons. The lowest BCUT2D eigenvalue weighted by Gasteiger charge is -2.08. The van der Waals surface area contributed by atoms with E-state index in [2.05, 4.69) is 15.4 Å². The predicted octanol–water partition coefficient (Wildman–Crippen LogP) is 1.12. The first-order valence-electron chi connectivity index (χ1n) is 5.07. The molecule has 0 fully saturated rings. The third-order valence-electron chi connectivity index (χ3n) is 1.95. The maximum absolute atomic E-state index is 12.0. The average Bonchev–Trinajstić information content (AvgIpc) is 2.26. The third kappa shape index (κ3) is 5.26. The Labute approximate surface area is 98.0 Å². The highest BCUT2D eigenvalue weighted by Crippen LogP contribution is 2.15. The third-order valence-corrected chi connectivity index (χ3v) is 1.95. The molecule has 0 heterocycles. The molecule has 17 heavy (non-hydrogen) atoms. The summed E-state index contributed by atoms with van der Waals surface area (Å²) in [5, 5.41) is 5.34. The van der Waals surface area contributed by atoms with E-state index in [1.54, 1.807) is 19.2 Å². The molecular formula is C11H14F2N2O2. The van der Waals surface area contributed by atoms with Crippen LogP contribution in [0.2, 0.25) is 0 Å². The van der Waals surface area contributed by atoms with Crippen molar-refractivity contribution in [2.75, 3.05) is 13.6 Å². The largest absolute Gasteiger partial charge is 0.435 e. The monoisotopic (exact) mass is 244 g/mol. The van der Waals surface area contributed by atoms with Gasteiger partial charge in [0, 0.05) is 6.54 Å². The zero-order valence-corrected chi connectivity index (χ0v) is 9.37. The summed E-state index contributed by atoms with van der Waals surface area (Å²) in [4.78, 5) is 11.2. The summed E-state index contributed by atoms with van der Waals surface area (Å²) < 4.78 is 28.2. The van der Waals surface area contributed by atoms with Gasteiger partial charge >= 0.3 is 6.61 Å². The van der Waals surface area contributed by atoms with Crippen molar-refractivity contribution >= 4 is 5.91 Å². The number of rotatable bonds is 6. The Hall–Kier alpha value is -1.69. The van der Waals surface area contributed by atoms with E-state index in [0.717, 1.165) is 0 Å². The second-order valence-electron chi connectivity index (χ2n) is 3.33. The van der Waals surface area contributed by atoms with Gasteiger partial charge in [-0.1, -0.05) is 12.1 Å². The number of carbonyl (C=O) groups is 1. The molecule has 0 aliphatic rings. The van der Waals surface area contributed by atoms with Crippen LogP contribution in [-0.2, 0) is 11.3 Å². The van der Waals surface area contributed by atoms with Gasteiger partial charge in [0.1, 0.15) is 5.75 Å². The van der Waals surface area contributed by atoms with Crippen molar-refractivity contribution in [2.24, 2.45) is 0 Å². The van der Waals surface area contributed by atoms with Gasteiger partial charge in [-0.3, -0.25) is 4.79 Å². The van der Waals surface area contributed by atoms with Crippen molar-refractivity contribution in [2.45, 2.75) is 13.2 Å². The Morgan fingerprint density at radius 3 is 2.88 bits per heavy atom. The Balaban J connectivity index is 2.51. The fraction of sp³-hybridized carbons (Fsp3) is 0.364. The number of nitrogens with one attached hydrogen (secondary N) is 2. The smallest absolute Gasteiger partial charge is 0.387 e. The van der Waals surface area contributed by atoms with Crippen molar-refractivity contribution in [1.82, 2.24) is 10.6 Å². The van der Waals surface area contributed by atoms with Gasteiger partial charge in [0.05, 0.1) is 6.54 Å². The molecule has 2 N–H and O–H groups in total. The highest BCUT2D eigenvalue weighted by atomic mass is 19.3. The fourth-order valence-electron chi connectivity index (χ4n) is 1.26. The lowest BCUT2D eigenvalue weighted by atomic mass is 10.2. The number of benzene rings is 1. The second kappa shape index (κ2) is 6.80. The molecule has 94 valence electrons. The van der Waals surface area contributed by atoms with Gasteiger partial charge in [0.2, 0.25) is 5.91 Å². The summed E-state index contributed by atoms with van der Waals surface area (Å²) >= 11 is 0. The average molecular weight is 244 g/mol. The number of ether oxygens (including phenoxy) is 1. The summed E-state index contributed by atoms with van der Waals surface area (Å²) in [6.45, 7) is -2.35. The van der Waals surface area contributed by atoms with Crippen LogP contribution in [0.4, 0.5) is 8.78 Å². The van der Waals surface area contributed by atoms with Crippen LogP contribution in [0.25, 0.3) is 0 Å². The topological polar surface area (TPSA) is 50.4 Å². The van der Waals surface area contributed by atoms with E-state index in [-0.39, 0.29) is 24.7 Å². The van der Waals surface area contributed by atoms with E-state index in [4.69, 9.17) is 0 Å². The van der Waals surface area contributed by atoms with Crippen LogP contribution in [0.3, 0.4) is 0 Å². The first kappa shape index (κ1) is 13.4. The molecule has 0 unspecified atom stereocenters. The van der Waals surface area contributed by atoms with Gasteiger partial charge in [0.15, 0.2) is 0 Å². The van der Waals surface area contributed by atoms with E-state index < -0.39 is 6.61 Å². The van der Waals surface area contributed by atoms with E-state index in [1.807, 2.05) is 0 Å². The van der Waals surface area contributed by atoms with Gasteiger partial charge in [-0.2, -0.15) is 8.78 Å². The summed E-state index contributed by atoms with van der Waals surface area (Å²) in [5.74, 6) is -0.0759. The van der Waals surface area contributed by atoms with E-state index >= 15 is 0 Å². The maximum Gasteiger partial charge on any atom is 0.387 e. The summed E-state index contributed by atoms with van der Waals surface area (Å²) in [7, 11) is 1.66. The summed E-state index contributed by atoms with van der Waals surface area (Å²) in [6, 6.07) is 6.21. The van der Waals surface area contributed by atoms with Crippen LogP contribution in [0, 0.1) is 0 Å². The molecule has 0 atom stereocenters. The fourth-order valence-corrected chi connectivity index (χ4v) is 1.26. The van der Waals surface area contributed by atoms with Gasteiger partial charge in [-0.05, 0) is 24.7 Å². The maximum atomic E-state index is 12.0. The molecule has 1 amide bonds. The number of amides is 1. The van der Waals surface area contributed by atoms with Crippen molar-refractivity contribution in [3.05, 3.63) is 29.8 Å². The van der Waals surface area contributed by atoms with Crippen LogP contribution in [0.1, 0.15) is 5.56 Å². The van der Waals surface area contributed by atoms with Crippen molar-refractivity contribution in [3.63, 3.8) is 0 Å². The standard InChI is InChI=1S/C11H14F2N2O2/c1-14-7-10(16)15-6-8-3-2-4-9(5-8)17-11(12)13/h2-5,11,14H,6-7H2,1H3,(H,15,16). The number of carbonyl (C=O) groups excluding carboxylic acids is 1. The zero-order valence-electron chi connectivity index (χ0n) is 9.37. The molecule has 0 spiro atoms. The SMILES string of the molecule is CNCC(=O)NCc1cccc(OC(F)F)c1. The normalized spacial score (nSPS) is 10.4. The Bertz CT molecular complexity index is 372. The van der Waals surface area contributed by atoms with Crippen LogP contribution in [-0.4, -0.2) is 26.1 Å². The molecule has 0 saturated heterocycles. The quantitative estimate of drug-likeness (QED) is 0.788. The molecule has 1 rings (SSSR count). The molecule has 0 saturated carbocycles. The molecule has 4 nitrogen and oxygen atoms in total. The van der Waals surface area contributed by atoms with Crippen molar-refractivity contribution in [3.8, 4) is 5.75 Å². The zero-order chi connectivity index (χ0) is 12.7. The highest BCUT2D eigenvalue weighted by Gasteiger charge is 2.05. The first-order valence-corrected chi connectivity index (χ1v) is 5.07. The lowest BCUT2D eigenvalue weighted by Crippen LogP contribution is -2.31. The highest BCUT2D eigenvalue weighted by molar-refractivity contribution is 5.77. The van der Waals surface area contributed by atoms with Gasteiger partial charge in [-0.15, -0.1) is 0 Å². The minimum atomic E-state index is -2.84. The van der Waals surface area contributed by atoms with Gasteiger partial charge < -0.3 is 15.4 Å². The predicted molar refractivity (Wildman–Crippen MR) is 58.8 cm³/mol. The van der Waals surface area contributed by atoms with Crippen LogP contribution in [0.15, 0.2) is 24.3 Å². The molecule has 0 aromatic heterocycles. The van der Waals surface area contributed by atoms with E-state index in [9.17, 15) is 13.6 Å². The molecule has 0 aliphatic heterocycles. The second-order valence-corrected chi connectivity index (χ2v) is 3.33. The summed E-state index contributed by atoms with van der Waals surface area (Å²) in [6.07, 6.45) is 0. The first-order chi connectivity index (χ1) is 8.11. The Kier molecular flexibility index (Phi) is 5.35. The molecular weight excluding hydrogens is 230 g/mol. The molecule has 1 aromatic rings. The molecule has 6 heteroatoms. The van der Waals surface area contributed by atoms with Crippen LogP contribution >= 0.6 is 0 Å². The number of hydrogen-bond donors (Lipinski definition) is 2. The van der Waals surface area contributed by atoms with Gasteiger partial charge in [0.25, 0.3) is 0 Å². The van der Waals surface area contributed by atoms with E-state index in [1.165, 1.54) is 12.1 Å². The van der Waals surface area contributed by atoms with Gasteiger partial charge in [-0.25, -0.2) is 0 Å². The molecule has 1 aromatic carbocycles. The number of halogens is 2. The minimum Gasteiger partial charge on any atom is -0.435 e. The Morgan fingerprint density at radius 2 is 2.24 bits per heavy atom. The Morgan fingerprint density at radius 1 is 1.47 bits per heavy atom. The number of hydrogen-bond acceptors (Lipinski definition) is 3. The molecule has 0 aliphatic carbocycles.